The van der Waals surface area contributed by atoms with Crippen molar-refractivity contribution < 1.29 is 9.59 Å². The molecule has 0 N–H and O–H groups in total. The van der Waals surface area contributed by atoms with Gasteiger partial charge in [0.15, 0.2) is 11.6 Å². The summed E-state index contributed by atoms with van der Waals surface area (Å²) in [6.45, 7) is 4.46. The smallest absolute Gasteiger partial charge is 0.188 e. The molecule has 0 bridgehead atoms. The molecule has 0 amide bonds. The average molecular weight is 333 g/mol. The van der Waals surface area contributed by atoms with E-state index in [4.69, 9.17) is 0 Å². The van der Waals surface area contributed by atoms with Crippen LogP contribution in [0.1, 0.15) is 44.1 Å². The van der Waals surface area contributed by atoms with Gasteiger partial charge >= 0.3 is 0 Å². The van der Waals surface area contributed by atoms with E-state index in [2.05, 4.69) is 10.1 Å². The van der Waals surface area contributed by atoms with E-state index in [0.29, 0.717) is 17.8 Å². The van der Waals surface area contributed by atoms with Gasteiger partial charge in [0, 0.05) is 23.7 Å². The van der Waals surface area contributed by atoms with Crippen LogP contribution in [0.3, 0.4) is 0 Å². The number of aryl methyl sites for hydroxylation is 2. The van der Waals surface area contributed by atoms with Crippen molar-refractivity contribution in [3.05, 3.63) is 82.9 Å². The lowest BCUT2D eigenvalue weighted by Gasteiger charge is -2.07. The minimum atomic E-state index is -0.262. The topological polar surface area (TPSA) is 64.8 Å². The molecule has 126 valence electrons. The number of hydrogen-bond acceptors (Lipinski definition) is 4. The zero-order valence-electron chi connectivity index (χ0n) is 14.3. The van der Waals surface area contributed by atoms with Gasteiger partial charge in [-0.1, -0.05) is 18.2 Å². The highest BCUT2D eigenvalue weighted by Gasteiger charge is 2.15. The van der Waals surface area contributed by atoms with Crippen molar-refractivity contribution in [1.29, 1.82) is 0 Å². The van der Waals surface area contributed by atoms with E-state index in [1.165, 1.54) is 0 Å². The van der Waals surface area contributed by atoms with Crippen LogP contribution in [0.25, 0.3) is 0 Å². The number of ketones is 2. The van der Waals surface area contributed by atoms with Crippen LogP contribution in [0.2, 0.25) is 0 Å². The zero-order chi connectivity index (χ0) is 17.8. The van der Waals surface area contributed by atoms with Crippen molar-refractivity contribution in [2.24, 2.45) is 0 Å². The summed E-state index contributed by atoms with van der Waals surface area (Å²) in [5, 5.41) is 4.25. The van der Waals surface area contributed by atoms with Gasteiger partial charge in [-0.15, -0.1) is 0 Å². The fraction of sp³-hybridized carbons (Fsp3) is 0.200. The Balaban J connectivity index is 1.73. The molecule has 0 saturated heterocycles. The number of carbonyl (C=O) groups is 2. The maximum Gasteiger partial charge on any atom is 0.188 e. The molecule has 0 aliphatic carbocycles. The summed E-state index contributed by atoms with van der Waals surface area (Å²) in [7, 11) is 0. The molecule has 2 aromatic heterocycles. The monoisotopic (exact) mass is 333 g/mol. The number of hydrogen-bond donors (Lipinski definition) is 0. The van der Waals surface area contributed by atoms with E-state index < -0.39 is 0 Å². The van der Waals surface area contributed by atoms with Crippen molar-refractivity contribution in [2.75, 3.05) is 0 Å². The van der Waals surface area contributed by atoms with Crippen LogP contribution < -0.4 is 0 Å². The van der Waals surface area contributed by atoms with Gasteiger partial charge in [-0.3, -0.25) is 19.3 Å². The first-order valence-corrected chi connectivity index (χ1v) is 8.09. The molecule has 3 rings (SSSR count). The van der Waals surface area contributed by atoms with Crippen LogP contribution >= 0.6 is 0 Å². The summed E-state index contributed by atoms with van der Waals surface area (Å²) >= 11 is 0. The third-order valence-corrected chi connectivity index (χ3v) is 4.03. The molecule has 25 heavy (non-hydrogen) atoms. The number of benzene rings is 1. The first kappa shape index (κ1) is 16.8. The third kappa shape index (κ3) is 4.07. The minimum Gasteiger partial charge on any atom is -0.294 e. The highest BCUT2D eigenvalue weighted by Crippen LogP contribution is 2.12. The van der Waals surface area contributed by atoms with E-state index in [0.717, 1.165) is 16.8 Å². The van der Waals surface area contributed by atoms with Crippen LogP contribution in [0, 0.1) is 13.8 Å². The largest absolute Gasteiger partial charge is 0.294 e. The van der Waals surface area contributed by atoms with Gasteiger partial charge in [-0.2, -0.15) is 5.10 Å². The Bertz CT molecular complexity index is 928. The van der Waals surface area contributed by atoms with Gasteiger partial charge in [-0.25, -0.2) is 0 Å². The van der Waals surface area contributed by atoms with Gasteiger partial charge in [-0.05, 0) is 49.2 Å². The van der Waals surface area contributed by atoms with E-state index in [-0.39, 0.29) is 18.0 Å². The lowest BCUT2D eigenvalue weighted by molar-refractivity contribution is 0.0891. The Kier molecular flexibility index (Phi) is 4.84. The number of carbonyl (C=O) groups excluding carboxylic acids is 2. The molecular weight excluding hydrogens is 314 g/mol. The van der Waals surface area contributed by atoms with Crippen LogP contribution in [0.5, 0.6) is 0 Å². The van der Waals surface area contributed by atoms with Gasteiger partial charge < -0.3 is 0 Å². The zero-order valence-corrected chi connectivity index (χ0v) is 14.3. The van der Waals surface area contributed by atoms with E-state index in [1.807, 2.05) is 48.9 Å². The molecule has 2 heterocycles. The molecule has 0 aliphatic rings. The molecule has 0 aliphatic heterocycles. The molecule has 0 radical (unpaired) electrons. The van der Waals surface area contributed by atoms with Crippen LogP contribution in [0.15, 0.2) is 54.9 Å². The first-order chi connectivity index (χ1) is 12.0. The van der Waals surface area contributed by atoms with Crippen molar-refractivity contribution in [1.82, 2.24) is 14.8 Å². The summed E-state index contributed by atoms with van der Waals surface area (Å²) in [6.07, 6.45) is 3.15. The van der Waals surface area contributed by atoms with Gasteiger partial charge in [0.2, 0.25) is 0 Å². The number of rotatable bonds is 6. The maximum absolute atomic E-state index is 12.5. The first-order valence-electron chi connectivity index (χ1n) is 8.09. The molecular formula is C20H19N3O2. The molecule has 5 heteroatoms. The van der Waals surface area contributed by atoms with Gasteiger partial charge in [0.25, 0.3) is 0 Å². The summed E-state index contributed by atoms with van der Waals surface area (Å²) in [4.78, 5) is 28.8. The van der Waals surface area contributed by atoms with Crippen LogP contribution in [-0.4, -0.2) is 26.3 Å². The van der Waals surface area contributed by atoms with E-state index >= 15 is 0 Å². The average Bonchev–Trinajstić information content (AvgIpc) is 3.00. The number of Topliss-reactive ketones (excluding diaryl/α,β-unsaturated/α-hetero) is 2. The standard InChI is InChI=1S/C20H19N3O2/c1-14-6-8-21-18(10-14)20(25)12-19(24)17-5-3-4-16(11-17)13-23-15(2)7-9-22-23/h3-11H,12-13H2,1-2H3. The highest BCUT2D eigenvalue weighted by atomic mass is 16.1. The summed E-state index contributed by atoms with van der Waals surface area (Å²) in [5.41, 5.74) is 3.83. The molecule has 5 nitrogen and oxygen atoms in total. The molecule has 0 fully saturated rings. The van der Waals surface area contributed by atoms with Crippen molar-refractivity contribution in [3.63, 3.8) is 0 Å². The second-order valence-corrected chi connectivity index (χ2v) is 6.07. The van der Waals surface area contributed by atoms with Crippen molar-refractivity contribution >= 4 is 11.6 Å². The predicted octanol–water partition coefficient (Wildman–Crippen LogP) is 3.40. The third-order valence-electron chi connectivity index (χ3n) is 4.03. The summed E-state index contributed by atoms with van der Waals surface area (Å²) in [6, 6.07) is 12.8. The van der Waals surface area contributed by atoms with E-state index in [9.17, 15) is 9.59 Å². The number of nitrogens with zero attached hydrogens (tertiary/aromatic N) is 3. The Labute approximate surface area is 146 Å². The van der Waals surface area contributed by atoms with Gasteiger partial charge in [0.1, 0.15) is 5.69 Å². The second kappa shape index (κ2) is 7.21. The Morgan fingerprint density at radius 3 is 2.56 bits per heavy atom. The van der Waals surface area contributed by atoms with Gasteiger partial charge in [0.05, 0.1) is 13.0 Å². The van der Waals surface area contributed by atoms with Crippen molar-refractivity contribution in [3.8, 4) is 0 Å². The predicted molar refractivity (Wildman–Crippen MR) is 94.8 cm³/mol. The quantitative estimate of drug-likeness (QED) is 0.512. The summed E-state index contributed by atoms with van der Waals surface area (Å²) < 4.78 is 1.87. The minimum absolute atomic E-state index is 0.180. The van der Waals surface area contributed by atoms with Crippen molar-refractivity contribution in [2.45, 2.75) is 26.8 Å². The maximum atomic E-state index is 12.5. The number of aromatic nitrogens is 3. The molecule has 0 atom stereocenters. The van der Waals surface area contributed by atoms with Crippen LogP contribution in [-0.2, 0) is 6.54 Å². The van der Waals surface area contributed by atoms with E-state index in [1.54, 1.807) is 24.5 Å². The summed E-state index contributed by atoms with van der Waals surface area (Å²) in [5.74, 6) is -0.464. The fourth-order valence-electron chi connectivity index (χ4n) is 2.61. The highest BCUT2D eigenvalue weighted by molar-refractivity contribution is 6.12. The molecule has 0 saturated carbocycles. The fourth-order valence-corrected chi connectivity index (χ4v) is 2.61. The second-order valence-electron chi connectivity index (χ2n) is 6.07. The lowest BCUT2D eigenvalue weighted by Crippen LogP contribution is -2.11. The lowest BCUT2D eigenvalue weighted by atomic mass is 10.0. The SMILES string of the molecule is Cc1ccnc(C(=O)CC(=O)c2cccc(Cn3nccc3C)c2)c1. The molecule has 3 aromatic rings. The molecule has 0 spiro atoms. The Hall–Kier alpha value is -3.08. The molecule has 0 unspecified atom stereocenters. The Morgan fingerprint density at radius 2 is 1.84 bits per heavy atom. The molecule has 1 aromatic carbocycles. The normalized spacial score (nSPS) is 10.6. The number of pyridine rings is 1. The Morgan fingerprint density at radius 1 is 1.00 bits per heavy atom. The van der Waals surface area contributed by atoms with Crippen LogP contribution in [0.4, 0.5) is 0 Å².